The summed E-state index contributed by atoms with van der Waals surface area (Å²) >= 11 is 0. The first-order valence-electron chi connectivity index (χ1n) is 8.38. The van der Waals surface area contributed by atoms with Gasteiger partial charge < -0.3 is 4.74 Å². The zero-order valence-corrected chi connectivity index (χ0v) is 13.9. The van der Waals surface area contributed by atoms with E-state index in [2.05, 4.69) is 0 Å². The van der Waals surface area contributed by atoms with Gasteiger partial charge in [0.15, 0.2) is 0 Å². The molecule has 3 rings (SSSR count). The first-order chi connectivity index (χ1) is 11.9. The molecule has 0 atom stereocenters. The van der Waals surface area contributed by atoms with Crippen LogP contribution in [-0.4, -0.2) is 13.2 Å². The summed E-state index contributed by atoms with van der Waals surface area (Å²) in [6.07, 6.45) is -0.141. The van der Waals surface area contributed by atoms with Crippen molar-refractivity contribution in [1.29, 1.82) is 0 Å². The Morgan fingerprint density at radius 3 is 2.00 bits per heavy atom. The molecule has 0 aliphatic heterocycles. The molecule has 0 aromatic heterocycles. The maximum Gasteiger partial charge on any atom is 0.419 e. The molecule has 0 saturated heterocycles. The third kappa shape index (κ3) is 4.03. The molecular formula is C20H20F4O. The monoisotopic (exact) mass is 352 g/mol. The van der Waals surface area contributed by atoms with Crippen LogP contribution in [0.15, 0.2) is 42.5 Å². The molecule has 1 aliphatic rings. The summed E-state index contributed by atoms with van der Waals surface area (Å²) < 4.78 is 57.1. The Balaban J connectivity index is 1.76. The Hall–Kier alpha value is -1.88. The third-order valence-electron chi connectivity index (χ3n) is 5.00. The van der Waals surface area contributed by atoms with Crippen molar-refractivity contribution < 1.29 is 22.3 Å². The molecule has 1 saturated carbocycles. The lowest BCUT2D eigenvalue weighted by Crippen LogP contribution is -2.19. The van der Waals surface area contributed by atoms with Crippen LogP contribution >= 0.6 is 0 Å². The molecular weight excluding hydrogens is 332 g/mol. The highest BCUT2D eigenvalue weighted by molar-refractivity contribution is 5.64. The van der Waals surface area contributed by atoms with Crippen molar-refractivity contribution in [3.63, 3.8) is 0 Å². The summed E-state index contributed by atoms with van der Waals surface area (Å²) in [4.78, 5) is 0. The Kier molecular flexibility index (Phi) is 5.13. The van der Waals surface area contributed by atoms with Gasteiger partial charge in [-0.2, -0.15) is 13.2 Å². The minimum absolute atomic E-state index is 0.339. The van der Waals surface area contributed by atoms with Gasteiger partial charge in [0.2, 0.25) is 0 Å². The molecule has 0 N–H and O–H groups in total. The van der Waals surface area contributed by atoms with Crippen molar-refractivity contribution in [2.24, 2.45) is 0 Å². The highest BCUT2D eigenvalue weighted by atomic mass is 19.4. The Morgan fingerprint density at radius 2 is 1.48 bits per heavy atom. The quantitative estimate of drug-likeness (QED) is 0.599. The summed E-state index contributed by atoms with van der Waals surface area (Å²) in [5.74, 6) is -0.767. The van der Waals surface area contributed by atoms with Crippen LogP contribution in [0.3, 0.4) is 0 Å². The van der Waals surface area contributed by atoms with Crippen LogP contribution in [0.2, 0.25) is 0 Å². The number of hydrogen-bond donors (Lipinski definition) is 0. The van der Waals surface area contributed by atoms with Crippen molar-refractivity contribution in [2.45, 2.75) is 43.9 Å². The van der Waals surface area contributed by atoms with E-state index in [0.29, 0.717) is 23.1 Å². The lowest BCUT2D eigenvalue weighted by Gasteiger charge is -2.27. The van der Waals surface area contributed by atoms with Crippen molar-refractivity contribution in [1.82, 2.24) is 0 Å². The highest BCUT2D eigenvalue weighted by Gasteiger charge is 2.34. The second kappa shape index (κ2) is 7.16. The largest absolute Gasteiger partial charge is 0.419 e. The van der Waals surface area contributed by atoms with E-state index in [0.717, 1.165) is 37.8 Å². The molecule has 2 aromatic rings. The van der Waals surface area contributed by atoms with Crippen LogP contribution in [0.1, 0.15) is 42.7 Å². The van der Waals surface area contributed by atoms with Gasteiger partial charge in [0, 0.05) is 7.11 Å². The van der Waals surface area contributed by atoms with Crippen LogP contribution in [-0.2, 0) is 10.9 Å². The molecule has 0 amide bonds. The number of halogens is 4. The van der Waals surface area contributed by atoms with Crippen LogP contribution in [0.4, 0.5) is 17.6 Å². The van der Waals surface area contributed by atoms with Crippen LogP contribution in [0.5, 0.6) is 0 Å². The molecule has 1 fully saturated rings. The van der Waals surface area contributed by atoms with E-state index < -0.39 is 17.6 Å². The number of rotatable bonds is 3. The highest BCUT2D eigenvalue weighted by Crippen LogP contribution is 2.36. The third-order valence-corrected chi connectivity index (χ3v) is 5.00. The summed E-state index contributed by atoms with van der Waals surface area (Å²) in [5.41, 5.74) is 1.13. The first kappa shape index (κ1) is 17.9. The maximum absolute atomic E-state index is 13.7. The molecule has 1 nitrogen and oxygen atoms in total. The Labute approximate surface area is 144 Å². The fraction of sp³-hybridized carbons (Fsp3) is 0.400. The molecule has 134 valence electrons. The molecule has 0 spiro atoms. The van der Waals surface area contributed by atoms with E-state index in [1.807, 2.05) is 24.3 Å². The molecule has 5 heteroatoms. The van der Waals surface area contributed by atoms with Gasteiger partial charge in [-0.25, -0.2) is 4.39 Å². The minimum Gasteiger partial charge on any atom is -0.381 e. The van der Waals surface area contributed by atoms with Gasteiger partial charge in [-0.15, -0.1) is 0 Å². The van der Waals surface area contributed by atoms with Gasteiger partial charge in [-0.1, -0.05) is 30.3 Å². The molecule has 0 unspecified atom stereocenters. The van der Waals surface area contributed by atoms with Crippen molar-refractivity contribution in [3.8, 4) is 11.1 Å². The van der Waals surface area contributed by atoms with Crippen molar-refractivity contribution >= 4 is 0 Å². The fourth-order valence-corrected chi connectivity index (χ4v) is 3.50. The topological polar surface area (TPSA) is 9.23 Å². The van der Waals surface area contributed by atoms with Gasteiger partial charge in [0.25, 0.3) is 0 Å². The lowest BCUT2D eigenvalue weighted by atomic mass is 9.82. The Bertz CT molecular complexity index is 713. The molecule has 2 aromatic carbocycles. The van der Waals surface area contributed by atoms with Crippen LogP contribution in [0.25, 0.3) is 11.1 Å². The number of benzene rings is 2. The van der Waals surface area contributed by atoms with Crippen LogP contribution < -0.4 is 0 Å². The second-order valence-electron chi connectivity index (χ2n) is 6.52. The summed E-state index contributed by atoms with van der Waals surface area (Å²) in [6, 6.07) is 10.7. The summed E-state index contributed by atoms with van der Waals surface area (Å²) in [5, 5.41) is 0. The van der Waals surface area contributed by atoms with E-state index in [9.17, 15) is 17.6 Å². The van der Waals surface area contributed by atoms with E-state index in [4.69, 9.17) is 4.74 Å². The maximum atomic E-state index is 13.7. The second-order valence-corrected chi connectivity index (χ2v) is 6.52. The van der Waals surface area contributed by atoms with Gasteiger partial charge >= 0.3 is 6.18 Å². The average Bonchev–Trinajstić information content (AvgIpc) is 2.61. The molecule has 1 aliphatic carbocycles. The number of hydrogen-bond acceptors (Lipinski definition) is 1. The number of ether oxygens (including phenoxy) is 1. The first-order valence-corrected chi connectivity index (χ1v) is 8.38. The minimum atomic E-state index is -4.67. The van der Waals surface area contributed by atoms with E-state index in [-0.39, 0.29) is 0 Å². The lowest BCUT2D eigenvalue weighted by molar-refractivity contribution is -0.139. The molecule has 0 radical (unpaired) electrons. The van der Waals surface area contributed by atoms with Crippen molar-refractivity contribution in [2.75, 3.05) is 7.11 Å². The average molecular weight is 352 g/mol. The molecule has 0 bridgehead atoms. The molecule has 0 heterocycles. The van der Waals surface area contributed by atoms with Gasteiger partial charge in [-0.3, -0.25) is 0 Å². The normalized spacial score (nSPS) is 21.3. The summed E-state index contributed by atoms with van der Waals surface area (Å²) in [7, 11) is 1.74. The molecule has 25 heavy (non-hydrogen) atoms. The van der Waals surface area contributed by atoms with Crippen LogP contribution in [0, 0.1) is 5.82 Å². The van der Waals surface area contributed by atoms with Crippen molar-refractivity contribution in [3.05, 3.63) is 59.4 Å². The zero-order valence-electron chi connectivity index (χ0n) is 13.9. The van der Waals surface area contributed by atoms with Gasteiger partial charge in [0.1, 0.15) is 5.82 Å². The standard InChI is InChI=1S/C20H20F4O/c1-25-17-9-6-14(7-10-17)13-2-4-15(5-3-13)16-8-11-18(19(21)12-16)20(22,23)24/h2-5,8,11-12,14,17H,6-7,9-10H2,1H3. The van der Waals surface area contributed by atoms with E-state index >= 15 is 0 Å². The SMILES string of the molecule is COC1CCC(c2ccc(-c3ccc(C(F)(F)F)c(F)c3)cc2)CC1. The van der Waals surface area contributed by atoms with E-state index in [1.165, 1.54) is 11.6 Å². The van der Waals surface area contributed by atoms with Gasteiger partial charge in [-0.05, 0) is 60.4 Å². The Morgan fingerprint density at radius 1 is 0.880 bits per heavy atom. The smallest absolute Gasteiger partial charge is 0.381 e. The number of alkyl halides is 3. The predicted molar refractivity (Wildman–Crippen MR) is 88.8 cm³/mol. The number of methoxy groups -OCH3 is 1. The predicted octanol–water partition coefficient (Wildman–Crippen LogP) is 6.18. The zero-order chi connectivity index (χ0) is 18.0. The fourth-order valence-electron chi connectivity index (χ4n) is 3.50. The van der Waals surface area contributed by atoms with E-state index in [1.54, 1.807) is 7.11 Å². The van der Waals surface area contributed by atoms with Gasteiger partial charge in [0.05, 0.1) is 11.7 Å². The summed E-state index contributed by atoms with van der Waals surface area (Å²) in [6.45, 7) is 0.